The molecule has 21 heavy (non-hydrogen) atoms. The Morgan fingerprint density at radius 1 is 1.10 bits per heavy atom. The van der Waals surface area contributed by atoms with E-state index in [0.717, 1.165) is 16.6 Å². The maximum Gasteiger partial charge on any atom is 0.166 e. The number of phenolic OH excluding ortho intramolecular Hbond substituents is 1. The number of para-hydroxylation sites is 1. The molecule has 2 nitrogen and oxygen atoms in total. The molecule has 0 saturated carbocycles. The zero-order valence-corrected chi connectivity index (χ0v) is 12.0. The van der Waals surface area contributed by atoms with Crippen molar-refractivity contribution in [1.82, 2.24) is 4.57 Å². The van der Waals surface area contributed by atoms with Gasteiger partial charge in [-0.05, 0) is 44.2 Å². The first-order valence-electron chi connectivity index (χ1n) is 6.80. The number of phenols is 1. The van der Waals surface area contributed by atoms with Crippen LogP contribution in [0.3, 0.4) is 0 Å². The number of benzene rings is 2. The summed E-state index contributed by atoms with van der Waals surface area (Å²) in [6, 6.07) is 14.5. The molecule has 3 rings (SSSR count). The minimum absolute atomic E-state index is 0.334. The quantitative estimate of drug-likeness (QED) is 0.710. The van der Waals surface area contributed by atoms with E-state index in [1.165, 1.54) is 17.7 Å². The summed E-state index contributed by atoms with van der Waals surface area (Å²) in [6.07, 6.45) is 2.06. The lowest BCUT2D eigenvalue weighted by molar-refractivity contribution is 0.432. The molecule has 3 aromatic rings. The molecule has 1 aromatic heterocycles. The second kappa shape index (κ2) is 5.09. The summed E-state index contributed by atoms with van der Waals surface area (Å²) in [4.78, 5) is 0. The lowest BCUT2D eigenvalue weighted by Crippen LogP contribution is -1.97. The lowest BCUT2D eigenvalue weighted by Gasteiger charge is -2.10. The third-order valence-electron chi connectivity index (χ3n) is 3.37. The van der Waals surface area contributed by atoms with Gasteiger partial charge in [0.15, 0.2) is 11.6 Å². The van der Waals surface area contributed by atoms with Gasteiger partial charge in [-0.2, -0.15) is 0 Å². The van der Waals surface area contributed by atoms with E-state index in [1.807, 2.05) is 42.7 Å². The number of nitrogens with zero attached hydrogens (tertiary/aromatic N) is 1. The van der Waals surface area contributed by atoms with Crippen LogP contribution in [0, 0.1) is 5.82 Å². The number of aromatic nitrogens is 1. The highest BCUT2D eigenvalue weighted by Crippen LogP contribution is 2.28. The number of allylic oxidation sites excluding steroid dienone is 1. The van der Waals surface area contributed by atoms with Crippen LogP contribution in [0.4, 0.5) is 4.39 Å². The molecule has 0 aliphatic heterocycles. The fraction of sp³-hybridized carbons (Fsp3) is 0.111. The zero-order chi connectivity index (χ0) is 15.0. The molecular formula is C18H16FNO. The molecule has 0 unspecified atom stereocenters. The summed E-state index contributed by atoms with van der Waals surface area (Å²) in [6.45, 7) is 4.05. The molecule has 2 aromatic carbocycles. The molecule has 0 atom stereocenters. The van der Waals surface area contributed by atoms with Gasteiger partial charge in [-0.1, -0.05) is 23.8 Å². The van der Waals surface area contributed by atoms with Gasteiger partial charge in [0.25, 0.3) is 0 Å². The first-order chi connectivity index (χ1) is 10.1. The topological polar surface area (TPSA) is 25.2 Å². The van der Waals surface area contributed by atoms with Gasteiger partial charge in [0.05, 0.1) is 5.52 Å². The second-order valence-corrected chi connectivity index (χ2v) is 5.32. The van der Waals surface area contributed by atoms with Crippen LogP contribution in [-0.2, 0) is 0 Å². The molecule has 0 spiro atoms. The molecule has 1 N–H and O–H groups in total. The van der Waals surface area contributed by atoms with Crippen molar-refractivity contribution >= 4 is 17.0 Å². The fourth-order valence-electron chi connectivity index (χ4n) is 2.50. The predicted octanol–water partition coefficient (Wildman–Crippen LogP) is 4.90. The largest absolute Gasteiger partial charge is 0.505 e. The lowest BCUT2D eigenvalue weighted by atomic mass is 10.2. The van der Waals surface area contributed by atoms with Gasteiger partial charge in [-0.3, -0.25) is 0 Å². The zero-order valence-electron chi connectivity index (χ0n) is 12.0. The Morgan fingerprint density at radius 2 is 1.86 bits per heavy atom. The Balaban J connectivity index is 2.33. The number of halogens is 1. The number of aromatic hydroxyl groups is 1. The van der Waals surface area contributed by atoms with Crippen molar-refractivity contribution in [3.63, 3.8) is 0 Å². The maximum atomic E-state index is 13.7. The first-order valence-corrected chi connectivity index (χ1v) is 6.80. The Bertz CT molecular complexity index is 842. The van der Waals surface area contributed by atoms with Crippen LogP contribution in [0.2, 0.25) is 0 Å². The van der Waals surface area contributed by atoms with Gasteiger partial charge in [-0.25, -0.2) is 4.39 Å². The number of rotatable bonds is 2. The molecule has 1 heterocycles. The molecule has 0 radical (unpaired) electrons. The van der Waals surface area contributed by atoms with E-state index in [9.17, 15) is 9.50 Å². The molecular weight excluding hydrogens is 265 g/mol. The van der Waals surface area contributed by atoms with Gasteiger partial charge < -0.3 is 9.67 Å². The molecule has 0 aliphatic rings. The Hall–Kier alpha value is -2.55. The number of fused-ring (bicyclic) bond motifs is 1. The summed E-state index contributed by atoms with van der Waals surface area (Å²) in [5.74, 6) is -0.951. The van der Waals surface area contributed by atoms with Gasteiger partial charge in [-0.15, -0.1) is 0 Å². The highest BCUT2D eigenvalue weighted by Gasteiger charge is 2.10. The van der Waals surface area contributed by atoms with E-state index in [-0.39, 0.29) is 5.75 Å². The van der Waals surface area contributed by atoms with Crippen molar-refractivity contribution < 1.29 is 9.50 Å². The van der Waals surface area contributed by atoms with E-state index in [2.05, 4.69) is 12.1 Å². The van der Waals surface area contributed by atoms with Crippen molar-refractivity contribution in [3.05, 3.63) is 65.6 Å². The Labute approximate surface area is 122 Å². The fourth-order valence-corrected chi connectivity index (χ4v) is 2.50. The third-order valence-corrected chi connectivity index (χ3v) is 3.37. The summed E-state index contributed by atoms with van der Waals surface area (Å²) in [5, 5.41) is 10.5. The molecule has 0 bridgehead atoms. The standard InChI is InChI=1S/C18H16FNO/c1-12(2)9-15-10-13-5-3-4-6-17(13)20(15)14-7-8-18(21)16(19)11-14/h3-11,21H,1-2H3. The Morgan fingerprint density at radius 3 is 2.57 bits per heavy atom. The van der Waals surface area contributed by atoms with Gasteiger partial charge >= 0.3 is 0 Å². The van der Waals surface area contributed by atoms with Crippen molar-refractivity contribution in [2.75, 3.05) is 0 Å². The number of hydrogen-bond acceptors (Lipinski definition) is 1. The molecule has 0 fully saturated rings. The molecule has 0 aliphatic carbocycles. The Kier molecular flexibility index (Phi) is 3.26. The van der Waals surface area contributed by atoms with E-state index < -0.39 is 5.82 Å². The van der Waals surface area contributed by atoms with Gasteiger partial charge in [0.2, 0.25) is 0 Å². The van der Waals surface area contributed by atoms with E-state index in [1.54, 1.807) is 6.07 Å². The first kappa shape index (κ1) is 13.4. The molecule has 106 valence electrons. The van der Waals surface area contributed by atoms with E-state index in [0.29, 0.717) is 5.69 Å². The summed E-state index contributed by atoms with van der Waals surface area (Å²) in [5.41, 5.74) is 3.86. The number of hydrogen-bond donors (Lipinski definition) is 1. The van der Waals surface area contributed by atoms with E-state index in [4.69, 9.17) is 0 Å². The van der Waals surface area contributed by atoms with Gasteiger partial charge in [0.1, 0.15) is 0 Å². The second-order valence-electron chi connectivity index (χ2n) is 5.32. The highest BCUT2D eigenvalue weighted by molar-refractivity contribution is 5.86. The molecule has 0 saturated heterocycles. The van der Waals surface area contributed by atoms with Crippen LogP contribution in [0.15, 0.2) is 54.1 Å². The summed E-state index contributed by atoms with van der Waals surface area (Å²) in [7, 11) is 0. The van der Waals surface area contributed by atoms with Crippen LogP contribution in [-0.4, -0.2) is 9.67 Å². The van der Waals surface area contributed by atoms with Crippen LogP contribution >= 0.6 is 0 Å². The van der Waals surface area contributed by atoms with Crippen LogP contribution < -0.4 is 0 Å². The normalized spacial score (nSPS) is 10.8. The van der Waals surface area contributed by atoms with Crippen molar-refractivity contribution in [3.8, 4) is 11.4 Å². The smallest absolute Gasteiger partial charge is 0.166 e. The van der Waals surface area contributed by atoms with Crippen molar-refractivity contribution in [1.29, 1.82) is 0 Å². The van der Waals surface area contributed by atoms with E-state index >= 15 is 0 Å². The van der Waals surface area contributed by atoms with Crippen LogP contribution in [0.25, 0.3) is 22.7 Å². The maximum absolute atomic E-state index is 13.7. The minimum Gasteiger partial charge on any atom is -0.505 e. The molecule has 0 amide bonds. The van der Waals surface area contributed by atoms with Crippen LogP contribution in [0.1, 0.15) is 19.5 Å². The average Bonchev–Trinajstić information content (AvgIpc) is 2.79. The third kappa shape index (κ3) is 2.42. The summed E-state index contributed by atoms with van der Waals surface area (Å²) < 4.78 is 15.7. The van der Waals surface area contributed by atoms with Crippen LogP contribution in [0.5, 0.6) is 5.75 Å². The highest BCUT2D eigenvalue weighted by atomic mass is 19.1. The van der Waals surface area contributed by atoms with Crippen molar-refractivity contribution in [2.24, 2.45) is 0 Å². The SMILES string of the molecule is CC(C)=Cc1cc2ccccc2n1-c1ccc(O)c(F)c1. The van der Waals surface area contributed by atoms with Gasteiger partial charge in [0, 0.05) is 22.8 Å². The summed E-state index contributed by atoms with van der Waals surface area (Å²) >= 11 is 0. The minimum atomic E-state index is -0.617. The van der Waals surface area contributed by atoms with Crippen molar-refractivity contribution in [2.45, 2.75) is 13.8 Å². The predicted molar refractivity (Wildman–Crippen MR) is 84.2 cm³/mol. The average molecular weight is 281 g/mol. The monoisotopic (exact) mass is 281 g/mol. The molecule has 3 heteroatoms.